The molecule has 78 valence electrons. The van der Waals surface area contributed by atoms with E-state index in [0.717, 1.165) is 13.1 Å². The smallest absolute Gasteiger partial charge is 0.0558 e. The van der Waals surface area contributed by atoms with Gasteiger partial charge in [-0.3, -0.25) is 9.58 Å². The van der Waals surface area contributed by atoms with E-state index in [1.54, 1.807) is 0 Å². The molecule has 0 spiro atoms. The molecule has 4 heteroatoms. The number of aliphatic hydroxyl groups is 1. The third kappa shape index (κ3) is 1.81. The second-order valence-electron chi connectivity index (χ2n) is 3.86. The Labute approximate surface area is 84.1 Å². The highest BCUT2D eigenvalue weighted by Crippen LogP contribution is 2.30. The summed E-state index contributed by atoms with van der Waals surface area (Å²) in [6, 6.07) is 0.468. The molecule has 0 saturated carbocycles. The average molecular weight is 195 g/mol. The van der Waals surface area contributed by atoms with Gasteiger partial charge in [-0.05, 0) is 19.4 Å². The molecule has 0 amide bonds. The van der Waals surface area contributed by atoms with E-state index in [1.807, 2.05) is 17.9 Å². The van der Waals surface area contributed by atoms with E-state index in [2.05, 4.69) is 16.2 Å². The van der Waals surface area contributed by atoms with Crippen LogP contribution in [-0.4, -0.2) is 39.5 Å². The van der Waals surface area contributed by atoms with Gasteiger partial charge in [-0.2, -0.15) is 5.10 Å². The van der Waals surface area contributed by atoms with E-state index in [9.17, 15) is 0 Å². The Morgan fingerprint density at radius 1 is 1.64 bits per heavy atom. The first kappa shape index (κ1) is 9.68. The third-order valence-electron chi connectivity index (χ3n) is 2.86. The second kappa shape index (κ2) is 4.11. The van der Waals surface area contributed by atoms with Crippen molar-refractivity contribution in [1.29, 1.82) is 0 Å². The van der Waals surface area contributed by atoms with Crippen LogP contribution in [0.3, 0.4) is 0 Å². The van der Waals surface area contributed by atoms with Crippen molar-refractivity contribution in [2.75, 3.05) is 19.7 Å². The lowest BCUT2D eigenvalue weighted by molar-refractivity contribution is 0.185. The summed E-state index contributed by atoms with van der Waals surface area (Å²) in [5, 5.41) is 13.1. The number of aromatic nitrogens is 2. The van der Waals surface area contributed by atoms with Crippen LogP contribution < -0.4 is 0 Å². The summed E-state index contributed by atoms with van der Waals surface area (Å²) in [5.41, 5.74) is 1.28. The van der Waals surface area contributed by atoms with Gasteiger partial charge in [0.05, 0.1) is 12.8 Å². The molecule has 1 aromatic rings. The summed E-state index contributed by atoms with van der Waals surface area (Å²) in [5.74, 6) is 0. The lowest BCUT2D eigenvalue weighted by atomic mass is 10.1. The van der Waals surface area contributed by atoms with Gasteiger partial charge in [0.15, 0.2) is 0 Å². The van der Waals surface area contributed by atoms with Gasteiger partial charge in [-0.25, -0.2) is 0 Å². The van der Waals surface area contributed by atoms with Crippen LogP contribution in [0.15, 0.2) is 12.4 Å². The fourth-order valence-electron chi connectivity index (χ4n) is 2.21. The van der Waals surface area contributed by atoms with Crippen LogP contribution in [-0.2, 0) is 7.05 Å². The van der Waals surface area contributed by atoms with Crippen LogP contribution in [0, 0.1) is 0 Å². The highest BCUT2D eigenvalue weighted by atomic mass is 16.3. The lowest BCUT2D eigenvalue weighted by Crippen LogP contribution is -2.26. The molecule has 1 unspecified atom stereocenters. The van der Waals surface area contributed by atoms with Crippen LogP contribution in [0.2, 0.25) is 0 Å². The minimum absolute atomic E-state index is 0.247. The Morgan fingerprint density at radius 3 is 3.14 bits per heavy atom. The number of aliphatic hydroxyl groups excluding tert-OH is 1. The topological polar surface area (TPSA) is 41.3 Å². The molecule has 4 nitrogen and oxygen atoms in total. The van der Waals surface area contributed by atoms with Crippen LogP contribution in [0.25, 0.3) is 0 Å². The maximum atomic E-state index is 8.93. The zero-order chi connectivity index (χ0) is 9.97. The molecule has 2 heterocycles. The normalized spacial score (nSPS) is 23.1. The molecule has 2 rings (SSSR count). The minimum Gasteiger partial charge on any atom is -0.395 e. The first-order valence-electron chi connectivity index (χ1n) is 5.14. The largest absolute Gasteiger partial charge is 0.395 e. The number of nitrogens with zero attached hydrogens (tertiary/aromatic N) is 3. The fraction of sp³-hybridized carbons (Fsp3) is 0.700. The molecular formula is C10H17N3O. The monoisotopic (exact) mass is 195 g/mol. The molecule has 1 aromatic heterocycles. The highest BCUT2D eigenvalue weighted by molar-refractivity contribution is 5.12. The molecule has 1 aliphatic rings. The molecule has 1 saturated heterocycles. The van der Waals surface area contributed by atoms with E-state index in [-0.39, 0.29) is 6.61 Å². The highest BCUT2D eigenvalue weighted by Gasteiger charge is 2.25. The van der Waals surface area contributed by atoms with Gasteiger partial charge in [0.1, 0.15) is 0 Å². The number of hydrogen-bond donors (Lipinski definition) is 1. The predicted octanol–water partition coefficient (Wildman–Crippen LogP) is 0.549. The van der Waals surface area contributed by atoms with Crippen molar-refractivity contribution >= 4 is 0 Å². The van der Waals surface area contributed by atoms with Crippen molar-refractivity contribution in [3.8, 4) is 0 Å². The third-order valence-corrected chi connectivity index (χ3v) is 2.86. The van der Waals surface area contributed by atoms with Gasteiger partial charge in [0.25, 0.3) is 0 Å². The Hall–Kier alpha value is -0.870. The summed E-state index contributed by atoms with van der Waals surface area (Å²) in [4.78, 5) is 2.33. The summed E-state index contributed by atoms with van der Waals surface area (Å²) in [6.45, 7) is 2.12. The maximum Gasteiger partial charge on any atom is 0.0558 e. The SMILES string of the molecule is Cn1cc(C2CCCN2CCO)cn1. The maximum absolute atomic E-state index is 8.93. The molecule has 0 radical (unpaired) electrons. The van der Waals surface area contributed by atoms with Crippen LogP contribution in [0.1, 0.15) is 24.4 Å². The van der Waals surface area contributed by atoms with Crippen LogP contribution in [0.4, 0.5) is 0 Å². The zero-order valence-electron chi connectivity index (χ0n) is 8.56. The summed E-state index contributed by atoms with van der Waals surface area (Å²) in [6.07, 6.45) is 6.41. The standard InChI is InChI=1S/C10H17N3O/c1-12-8-9(7-11-12)10-3-2-4-13(10)5-6-14/h7-8,10,14H,2-6H2,1H3. The van der Waals surface area contributed by atoms with E-state index in [4.69, 9.17) is 5.11 Å². The summed E-state index contributed by atoms with van der Waals surface area (Å²) >= 11 is 0. The van der Waals surface area contributed by atoms with E-state index in [0.29, 0.717) is 6.04 Å². The van der Waals surface area contributed by atoms with Gasteiger partial charge < -0.3 is 5.11 Å². The number of rotatable bonds is 3. The van der Waals surface area contributed by atoms with E-state index >= 15 is 0 Å². The number of aryl methyl sites for hydroxylation is 1. The quantitative estimate of drug-likeness (QED) is 0.765. The van der Waals surface area contributed by atoms with Crippen LogP contribution in [0.5, 0.6) is 0 Å². The molecule has 1 atom stereocenters. The first-order chi connectivity index (χ1) is 6.81. The Kier molecular flexibility index (Phi) is 2.84. The fourth-order valence-corrected chi connectivity index (χ4v) is 2.21. The van der Waals surface area contributed by atoms with Gasteiger partial charge in [-0.1, -0.05) is 0 Å². The average Bonchev–Trinajstić information content (AvgIpc) is 2.74. The van der Waals surface area contributed by atoms with Crippen molar-refractivity contribution in [1.82, 2.24) is 14.7 Å². The molecule has 14 heavy (non-hydrogen) atoms. The van der Waals surface area contributed by atoms with Crippen molar-refractivity contribution in [2.24, 2.45) is 7.05 Å². The zero-order valence-corrected chi connectivity index (χ0v) is 8.56. The van der Waals surface area contributed by atoms with Gasteiger partial charge in [0, 0.05) is 31.4 Å². The Morgan fingerprint density at radius 2 is 2.50 bits per heavy atom. The lowest BCUT2D eigenvalue weighted by Gasteiger charge is -2.22. The Bertz CT molecular complexity index is 297. The van der Waals surface area contributed by atoms with Crippen molar-refractivity contribution in [3.63, 3.8) is 0 Å². The van der Waals surface area contributed by atoms with E-state index < -0.39 is 0 Å². The number of likely N-dealkylation sites (tertiary alicyclic amines) is 1. The van der Waals surface area contributed by atoms with Gasteiger partial charge in [0.2, 0.25) is 0 Å². The summed E-state index contributed by atoms with van der Waals surface area (Å²) < 4.78 is 1.84. The second-order valence-corrected chi connectivity index (χ2v) is 3.86. The molecular weight excluding hydrogens is 178 g/mol. The first-order valence-corrected chi connectivity index (χ1v) is 5.14. The predicted molar refractivity (Wildman–Crippen MR) is 53.8 cm³/mol. The number of hydrogen-bond acceptors (Lipinski definition) is 3. The van der Waals surface area contributed by atoms with E-state index in [1.165, 1.54) is 18.4 Å². The molecule has 1 N–H and O–H groups in total. The van der Waals surface area contributed by atoms with Crippen LogP contribution >= 0.6 is 0 Å². The molecule has 1 fully saturated rings. The van der Waals surface area contributed by atoms with Crippen molar-refractivity contribution < 1.29 is 5.11 Å². The van der Waals surface area contributed by atoms with Crippen molar-refractivity contribution in [2.45, 2.75) is 18.9 Å². The van der Waals surface area contributed by atoms with Gasteiger partial charge >= 0.3 is 0 Å². The minimum atomic E-state index is 0.247. The van der Waals surface area contributed by atoms with Crippen molar-refractivity contribution in [3.05, 3.63) is 18.0 Å². The molecule has 1 aliphatic heterocycles. The molecule has 0 bridgehead atoms. The molecule has 0 aliphatic carbocycles. The number of β-amino-alcohol motifs (C(OH)–C–C–N with tert-alkyl or cyclic N) is 1. The summed E-state index contributed by atoms with van der Waals surface area (Å²) in [7, 11) is 1.94. The Balaban J connectivity index is 2.09. The molecule has 0 aromatic carbocycles. The van der Waals surface area contributed by atoms with Gasteiger partial charge in [-0.15, -0.1) is 0 Å².